The maximum atomic E-state index is 13.1. The van der Waals surface area contributed by atoms with Crippen molar-refractivity contribution in [2.24, 2.45) is 22.2 Å². The minimum absolute atomic E-state index is 0.00358. The van der Waals surface area contributed by atoms with Crippen LogP contribution >= 0.6 is 0 Å². The quantitative estimate of drug-likeness (QED) is 0.0502. The molecule has 0 radical (unpaired) electrons. The second-order valence-corrected chi connectivity index (χ2v) is 8.84. The Bertz CT molecular complexity index is 813. The molecule has 1 aliphatic rings. The molecular weight excluding hydrogens is 488 g/mol. The molecular formula is C22H40N8O7. The number of carboxylic acids is 2. The predicted molar refractivity (Wildman–Crippen MR) is 134 cm³/mol. The van der Waals surface area contributed by atoms with Crippen molar-refractivity contribution in [3.05, 3.63) is 0 Å². The lowest BCUT2D eigenvalue weighted by atomic mass is 10.0. The van der Waals surface area contributed by atoms with Gasteiger partial charge in [0.25, 0.3) is 0 Å². The van der Waals surface area contributed by atoms with Crippen LogP contribution in [0, 0.1) is 0 Å². The average molecular weight is 529 g/mol. The molecule has 1 rings (SSSR count). The van der Waals surface area contributed by atoms with Crippen molar-refractivity contribution in [2.45, 2.75) is 82.0 Å². The Morgan fingerprint density at radius 1 is 0.892 bits per heavy atom. The summed E-state index contributed by atoms with van der Waals surface area (Å²) in [6.07, 6.45) is 2.41. The van der Waals surface area contributed by atoms with Gasteiger partial charge in [0.05, 0.1) is 6.04 Å². The van der Waals surface area contributed by atoms with Crippen LogP contribution in [0.3, 0.4) is 0 Å². The van der Waals surface area contributed by atoms with Crippen molar-refractivity contribution in [1.82, 2.24) is 21.3 Å². The largest absolute Gasteiger partial charge is 0.481 e. The number of aliphatic imine (C=N–C) groups is 1. The Balaban J connectivity index is 2.91. The van der Waals surface area contributed by atoms with Crippen LogP contribution in [0.4, 0.5) is 0 Å². The van der Waals surface area contributed by atoms with E-state index < -0.39 is 54.3 Å². The van der Waals surface area contributed by atoms with Gasteiger partial charge in [-0.15, -0.1) is 0 Å². The van der Waals surface area contributed by atoms with Crippen LogP contribution in [0.2, 0.25) is 0 Å². The minimum atomic E-state index is -1.33. The SMILES string of the molecule is NCCCCC(NC(=O)C1CCCN1)C(=O)NC(CCC(=O)O)C(=O)NC(CCCN=C(N)N)C(=O)O. The summed E-state index contributed by atoms with van der Waals surface area (Å²) in [6.45, 7) is 1.24. The van der Waals surface area contributed by atoms with Crippen molar-refractivity contribution < 1.29 is 34.2 Å². The molecule has 210 valence electrons. The van der Waals surface area contributed by atoms with Gasteiger partial charge < -0.3 is 48.7 Å². The van der Waals surface area contributed by atoms with E-state index in [0.29, 0.717) is 32.4 Å². The van der Waals surface area contributed by atoms with E-state index in [1.165, 1.54) is 0 Å². The number of aliphatic carboxylic acids is 2. The predicted octanol–water partition coefficient (Wildman–Crippen LogP) is -2.68. The normalized spacial score (nSPS) is 17.2. The molecule has 0 aliphatic carbocycles. The van der Waals surface area contributed by atoms with Gasteiger partial charge in [0.1, 0.15) is 18.1 Å². The Hall–Kier alpha value is -3.46. The monoisotopic (exact) mass is 528 g/mol. The number of rotatable bonds is 18. The lowest BCUT2D eigenvalue weighted by molar-refractivity contribution is -0.143. The molecule has 15 nitrogen and oxygen atoms in total. The van der Waals surface area contributed by atoms with Crippen molar-refractivity contribution in [3.8, 4) is 0 Å². The van der Waals surface area contributed by atoms with E-state index in [-0.39, 0.29) is 44.1 Å². The molecule has 0 bridgehead atoms. The summed E-state index contributed by atoms with van der Waals surface area (Å²) in [5, 5.41) is 29.1. The number of carbonyl (C=O) groups excluding carboxylic acids is 3. The first-order valence-corrected chi connectivity index (χ1v) is 12.4. The topological polar surface area (TPSA) is 264 Å². The van der Waals surface area contributed by atoms with Gasteiger partial charge in [-0.05, 0) is 64.5 Å². The van der Waals surface area contributed by atoms with Crippen molar-refractivity contribution in [1.29, 1.82) is 0 Å². The fraction of sp³-hybridized carbons (Fsp3) is 0.727. The molecule has 0 aromatic rings. The number of carboxylic acid groups (broad SMARTS) is 2. The van der Waals surface area contributed by atoms with Gasteiger partial charge in [-0.3, -0.25) is 24.2 Å². The molecule has 0 aromatic heterocycles. The second kappa shape index (κ2) is 17.1. The third kappa shape index (κ3) is 12.9. The first kappa shape index (κ1) is 31.6. The van der Waals surface area contributed by atoms with Crippen LogP contribution in [-0.4, -0.2) is 89.6 Å². The number of nitrogens with zero attached hydrogens (tertiary/aromatic N) is 1. The first-order valence-electron chi connectivity index (χ1n) is 12.4. The fourth-order valence-corrected chi connectivity index (χ4v) is 3.78. The summed E-state index contributed by atoms with van der Waals surface area (Å²) < 4.78 is 0. The van der Waals surface area contributed by atoms with Crippen molar-refractivity contribution in [3.63, 3.8) is 0 Å². The van der Waals surface area contributed by atoms with E-state index in [1.807, 2.05) is 0 Å². The maximum absolute atomic E-state index is 13.1. The van der Waals surface area contributed by atoms with Gasteiger partial charge in [-0.25, -0.2) is 4.79 Å². The number of hydrogen-bond acceptors (Lipinski definition) is 8. The van der Waals surface area contributed by atoms with E-state index in [1.54, 1.807) is 0 Å². The summed E-state index contributed by atoms with van der Waals surface area (Å²) >= 11 is 0. The van der Waals surface area contributed by atoms with Crippen LogP contribution < -0.4 is 38.5 Å². The third-order valence-corrected chi connectivity index (χ3v) is 5.80. The highest BCUT2D eigenvalue weighted by atomic mass is 16.4. The Labute approximate surface area is 215 Å². The Morgan fingerprint density at radius 3 is 2.05 bits per heavy atom. The van der Waals surface area contributed by atoms with Crippen LogP contribution in [0.1, 0.15) is 57.8 Å². The standard InChI is InChI=1S/C22H40N8O7/c23-10-2-1-5-14(28-18(33)13-6-3-11-26-13)19(34)29-15(8-9-17(31)32)20(35)30-16(21(36)37)7-4-12-27-22(24)25/h13-16,26H,1-12,23H2,(H,28,33)(H,29,34)(H,30,35)(H,31,32)(H,36,37)(H4,24,25,27). The van der Waals surface area contributed by atoms with Gasteiger partial charge in [-0.2, -0.15) is 0 Å². The van der Waals surface area contributed by atoms with Crippen molar-refractivity contribution >= 4 is 35.6 Å². The zero-order valence-electron chi connectivity index (χ0n) is 20.9. The summed E-state index contributed by atoms with van der Waals surface area (Å²) in [6, 6.07) is -4.04. The van der Waals surface area contributed by atoms with Crippen LogP contribution in [0.25, 0.3) is 0 Å². The molecule has 4 unspecified atom stereocenters. The molecule has 12 N–H and O–H groups in total. The second-order valence-electron chi connectivity index (χ2n) is 8.84. The molecule has 0 aromatic carbocycles. The lowest BCUT2D eigenvalue weighted by Gasteiger charge is -2.25. The third-order valence-electron chi connectivity index (χ3n) is 5.80. The van der Waals surface area contributed by atoms with Crippen LogP contribution in [0.15, 0.2) is 4.99 Å². The summed E-state index contributed by atoms with van der Waals surface area (Å²) in [5.41, 5.74) is 16.0. The van der Waals surface area contributed by atoms with E-state index in [0.717, 1.165) is 6.42 Å². The zero-order valence-corrected chi connectivity index (χ0v) is 20.9. The lowest BCUT2D eigenvalue weighted by Crippen LogP contribution is -2.57. The molecule has 37 heavy (non-hydrogen) atoms. The highest BCUT2D eigenvalue weighted by molar-refractivity contribution is 5.94. The van der Waals surface area contributed by atoms with Gasteiger partial charge in [0.15, 0.2) is 5.96 Å². The van der Waals surface area contributed by atoms with Crippen LogP contribution in [0.5, 0.6) is 0 Å². The van der Waals surface area contributed by atoms with Gasteiger partial charge in [0.2, 0.25) is 17.7 Å². The Kier molecular flexibility index (Phi) is 14.6. The highest BCUT2D eigenvalue weighted by Crippen LogP contribution is 2.09. The number of carbonyl (C=O) groups is 5. The van der Waals surface area contributed by atoms with E-state index in [9.17, 15) is 29.1 Å². The van der Waals surface area contributed by atoms with E-state index in [2.05, 4.69) is 26.3 Å². The van der Waals surface area contributed by atoms with E-state index >= 15 is 0 Å². The summed E-state index contributed by atoms with van der Waals surface area (Å²) in [7, 11) is 0. The van der Waals surface area contributed by atoms with Gasteiger partial charge >= 0.3 is 11.9 Å². The Morgan fingerprint density at radius 2 is 1.51 bits per heavy atom. The highest BCUT2D eigenvalue weighted by Gasteiger charge is 2.31. The van der Waals surface area contributed by atoms with Crippen molar-refractivity contribution in [2.75, 3.05) is 19.6 Å². The molecule has 4 atom stereocenters. The number of hydrogen-bond donors (Lipinski definition) is 9. The molecule has 1 aliphatic heterocycles. The minimum Gasteiger partial charge on any atom is -0.481 e. The molecule has 0 saturated carbocycles. The number of nitrogens with two attached hydrogens (primary N) is 3. The first-order chi connectivity index (χ1) is 17.5. The average Bonchev–Trinajstić information content (AvgIpc) is 3.37. The summed E-state index contributed by atoms with van der Waals surface area (Å²) in [4.78, 5) is 65.1. The van der Waals surface area contributed by atoms with Gasteiger partial charge in [0, 0.05) is 13.0 Å². The number of guanidine groups is 1. The number of unbranched alkanes of at least 4 members (excludes halogenated alkanes) is 1. The molecule has 0 spiro atoms. The van der Waals surface area contributed by atoms with E-state index in [4.69, 9.17) is 22.3 Å². The number of amides is 3. The molecule has 3 amide bonds. The zero-order chi connectivity index (χ0) is 27.8. The molecule has 1 heterocycles. The maximum Gasteiger partial charge on any atom is 0.326 e. The summed E-state index contributed by atoms with van der Waals surface area (Å²) in [5.74, 6) is -4.52. The molecule has 15 heteroatoms. The fourth-order valence-electron chi connectivity index (χ4n) is 3.78. The smallest absolute Gasteiger partial charge is 0.326 e. The molecule has 1 fully saturated rings. The van der Waals surface area contributed by atoms with Crippen LogP contribution in [-0.2, 0) is 24.0 Å². The molecule has 1 saturated heterocycles. The number of nitrogens with one attached hydrogen (secondary N) is 4. The van der Waals surface area contributed by atoms with Gasteiger partial charge in [-0.1, -0.05) is 0 Å².